The van der Waals surface area contributed by atoms with E-state index in [9.17, 15) is 33.9 Å². The van der Waals surface area contributed by atoms with E-state index in [1.165, 1.54) is 24.3 Å². The molecule has 1 aromatic carbocycles. The summed E-state index contributed by atoms with van der Waals surface area (Å²) in [4.78, 5) is 86.9. The molecule has 280 valence electrons. The fourth-order valence-corrected chi connectivity index (χ4v) is 6.24. The molecule has 7 atom stereocenters. The number of amides is 6. The maximum absolute atomic E-state index is 14.0. The van der Waals surface area contributed by atoms with Gasteiger partial charge in [0.05, 0.1) is 24.9 Å². The Morgan fingerprint density at radius 2 is 1.65 bits per heavy atom. The zero-order valence-corrected chi connectivity index (χ0v) is 30.2. The van der Waals surface area contributed by atoms with E-state index in [2.05, 4.69) is 31.2 Å². The summed E-state index contributed by atoms with van der Waals surface area (Å²) in [6.07, 6.45) is 3.38. The zero-order valence-electron chi connectivity index (χ0n) is 30.2. The van der Waals surface area contributed by atoms with Gasteiger partial charge in [-0.1, -0.05) is 64.4 Å². The number of nitrogens with zero attached hydrogens (tertiary/aromatic N) is 2. The minimum absolute atomic E-state index is 0.00256. The monoisotopic (exact) mass is 710 g/mol. The lowest BCUT2D eigenvalue weighted by atomic mass is 9.95. The first kappa shape index (κ1) is 40.6. The number of primary amides is 1. The molecule has 15 heteroatoms. The average molecular weight is 711 g/mol. The van der Waals surface area contributed by atoms with Crippen molar-refractivity contribution < 1.29 is 33.9 Å². The summed E-state index contributed by atoms with van der Waals surface area (Å²) < 4.78 is 0. The molecule has 0 radical (unpaired) electrons. The van der Waals surface area contributed by atoms with Crippen LogP contribution in [-0.2, 0) is 41.6 Å². The number of carbonyl (C=O) groups excluding carboxylic acids is 6. The van der Waals surface area contributed by atoms with Crippen molar-refractivity contribution in [3.8, 4) is 0 Å². The van der Waals surface area contributed by atoms with Gasteiger partial charge in [0.15, 0.2) is 0 Å². The van der Waals surface area contributed by atoms with Crippen molar-refractivity contribution >= 4 is 35.4 Å². The minimum Gasteiger partial charge on any atom is -0.390 e. The predicted octanol–water partition coefficient (Wildman–Crippen LogP) is 0.474. The van der Waals surface area contributed by atoms with Crippen molar-refractivity contribution in [1.29, 1.82) is 0 Å². The predicted molar refractivity (Wildman–Crippen MR) is 189 cm³/mol. The summed E-state index contributed by atoms with van der Waals surface area (Å²) in [5.74, 6) is -3.43. The Kier molecular flexibility index (Phi) is 15.6. The van der Waals surface area contributed by atoms with E-state index >= 15 is 0 Å². The molecule has 15 nitrogen and oxygen atoms in total. The molecule has 1 fully saturated rings. The number of aromatic amines is 1. The standard InChI is InChI=1S/C36H54N8O7/c1-6-22(4)32(33(37)48)43-31(47)18-30(46)26(15-21(2)3)40-35(50)28(17-25-19-38-20-39-25)41-34(49)27(16-24-11-8-7-9-12-24)42-36(51)29-13-10-14-44(29)23(5)45/h7-9,11-12,19-22,26-30,32,46H,6,10,13-18H2,1-5H3,(H2,37,48)(H,38,39)(H,40,50)(H,41,49)(H,42,51)(H,43,47). The van der Waals surface area contributed by atoms with E-state index in [4.69, 9.17) is 5.73 Å². The number of aliphatic hydroxyl groups is 1. The van der Waals surface area contributed by atoms with Crippen LogP contribution in [0.25, 0.3) is 0 Å². The number of nitrogens with two attached hydrogens (primary N) is 1. The van der Waals surface area contributed by atoms with Crippen molar-refractivity contribution in [2.75, 3.05) is 6.54 Å². The van der Waals surface area contributed by atoms with Gasteiger partial charge < -0.3 is 42.0 Å². The van der Waals surface area contributed by atoms with Crippen LogP contribution < -0.4 is 27.0 Å². The Morgan fingerprint density at radius 3 is 2.24 bits per heavy atom. The Morgan fingerprint density at radius 1 is 0.980 bits per heavy atom. The fraction of sp³-hybridized carbons (Fsp3) is 0.583. The van der Waals surface area contributed by atoms with E-state index in [1.807, 2.05) is 51.1 Å². The van der Waals surface area contributed by atoms with Crippen LogP contribution in [0.15, 0.2) is 42.9 Å². The Labute approximate surface area is 299 Å². The van der Waals surface area contributed by atoms with Gasteiger partial charge in [-0.25, -0.2) is 4.98 Å². The minimum atomic E-state index is -1.33. The van der Waals surface area contributed by atoms with Crippen LogP contribution in [0.5, 0.6) is 0 Å². The highest BCUT2D eigenvalue weighted by molar-refractivity contribution is 5.94. The average Bonchev–Trinajstić information content (AvgIpc) is 3.79. The van der Waals surface area contributed by atoms with Gasteiger partial charge in [0.1, 0.15) is 24.2 Å². The van der Waals surface area contributed by atoms with E-state index < -0.39 is 72.3 Å². The van der Waals surface area contributed by atoms with Gasteiger partial charge in [0.25, 0.3) is 0 Å². The van der Waals surface area contributed by atoms with Crippen molar-refractivity contribution in [3.63, 3.8) is 0 Å². The van der Waals surface area contributed by atoms with Gasteiger partial charge >= 0.3 is 0 Å². The second kappa shape index (κ2) is 19.6. The second-order valence-corrected chi connectivity index (χ2v) is 13.8. The molecule has 1 aliphatic rings. The largest absolute Gasteiger partial charge is 0.390 e. The molecule has 7 unspecified atom stereocenters. The second-order valence-electron chi connectivity index (χ2n) is 13.8. The molecular formula is C36H54N8O7. The topological polar surface area (TPSA) is 229 Å². The van der Waals surface area contributed by atoms with Crippen LogP contribution in [-0.4, -0.2) is 98.3 Å². The third-order valence-electron chi connectivity index (χ3n) is 9.24. The fourth-order valence-electron chi connectivity index (χ4n) is 6.24. The van der Waals surface area contributed by atoms with Gasteiger partial charge in [0.2, 0.25) is 35.4 Å². The highest BCUT2D eigenvalue weighted by Gasteiger charge is 2.36. The molecule has 6 amide bonds. The van der Waals surface area contributed by atoms with Crippen LogP contribution in [0, 0.1) is 11.8 Å². The summed E-state index contributed by atoms with van der Waals surface area (Å²) in [7, 11) is 0. The molecule has 2 heterocycles. The van der Waals surface area contributed by atoms with Crippen molar-refractivity contribution in [2.24, 2.45) is 17.6 Å². The lowest BCUT2D eigenvalue weighted by Crippen LogP contribution is -2.59. The lowest BCUT2D eigenvalue weighted by Gasteiger charge is -2.30. The Bertz CT molecular complexity index is 1470. The molecule has 0 saturated carbocycles. The summed E-state index contributed by atoms with van der Waals surface area (Å²) in [5, 5.41) is 22.2. The highest BCUT2D eigenvalue weighted by atomic mass is 16.3. The first-order valence-corrected chi connectivity index (χ1v) is 17.7. The smallest absolute Gasteiger partial charge is 0.243 e. The lowest BCUT2D eigenvalue weighted by molar-refractivity contribution is -0.138. The zero-order chi connectivity index (χ0) is 37.7. The van der Waals surface area contributed by atoms with Crippen LogP contribution in [0.2, 0.25) is 0 Å². The molecule has 3 rings (SSSR count). The highest BCUT2D eigenvalue weighted by Crippen LogP contribution is 2.18. The van der Waals surface area contributed by atoms with E-state index in [1.54, 1.807) is 6.92 Å². The summed E-state index contributed by atoms with van der Waals surface area (Å²) >= 11 is 0. The number of carbonyl (C=O) groups is 6. The quantitative estimate of drug-likeness (QED) is 0.108. The maximum Gasteiger partial charge on any atom is 0.243 e. The number of likely N-dealkylation sites (tertiary alicyclic amines) is 1. The molecule has 0 aliphatic carbocycles. The van der Waals surface area contributed by atoms with Crippen LogP contribution in [0.4, 0.5) is 0 Å². The molecule has 0 bridgehead atoms. The van der Waals surface area contributed by atoms with Gasteiger partial charge in [-0.2, -0.15) is 0 Å². The molecule has 0 spiro atoms. The Hall–Kier alpha value is -4.79. The van der Waals surface area contributed by atoms with E-state index in [-0.39, 0.29) is 30.6 Å². The van der Waals surface area contributed by atoms with Gasteiger partial charge in [-0.15, -0.1) is 0 Å². The van der Waals surface area contributed by atoms with E-state index in [0.29, 0.717) is 37.9 Å². The number of hydrogen-bond acceptors (Lipinski definition) is 8. The van der Waals surface area contributed by atoms with Crippen molar-refractivity contribution in [1.82, 2.24) is 36.1 Å². The molecule has 2 aromatic rings. The number of imidazole rings is 1. The number of nitrogens with one attached hydrogen (secondary N) is 5. The first-order valence-electron chi connectivity index (χ1n) is 17.7. The summed E-state index contributed by atoms with van der Waals surface area (Å²) in [5.41, 5.74) is 6.82. The third kappa shape index (κ3) is 12.5. The third-order valence-corrected chi connectivity index (χ3v) is 9.24. The number of H-pyrrole nitrogens is 1. The molecule has 8 N–H and O–H groups in total. The van der Waals surface area contributed by atoms with Crippen LogP contribution >= 0.6 is 0 Å². The molecular weight excluding hydrogens is 656 g/mol. The van der Waals surface area contributed by atoms with Gasteiger partial charge in [0, 0.05) is 38.2 Å². The van der Waals surface area contributed by atoms with E-state index in [0.717, 1.165) is 5.56 Å². The number of rotatable bonds is 19. The number of benzene rings is 1. The molecule has 1 aliphatic heterocycles. The maximum atomic E-state index is 14.0. The number of aliphatic hydroxyl groups excluding tert-OH is 1. The molecule has 1 aromatic heterocycles. The normalized spacial score (nSPS) is 17.8. The Balaban J connectivity index is 1.82. The molecule has 51 heavy (non-hydrogen) atoms. The summed E-state index contributed by atoms with van der Waals surface area (Å²) in [6.45, 7) is 9.30. The number of aromatic nitrogens is 2. The van der Waals surface area contributed by atoms with Gasteiger partial charge in [-0.3, -0.25) is 28.8 Å². The van der Waals surface area contributed by atoms with Crippen LogP contribution in [0.3, 0.4) is 0 Å². The first-order chi connectivity index (χ1) is 24.2. The van der Waals surface area contributed by atoms with Crippen LogP contribution in [0.1, 0.15) is 78.0 Å². The molecule has 1 saturated heterocycles. The van der Waals surface area contributed by atoms with Crippen molar-refractivity contribution in [2.45, 2.75) is 116 Å². The summed E-state index contributed by atoms with van der Waals surface area (Å²) in [6, 6.07) is 4.33. The van der Waals surface area contributed by atoms with Gasteiger partial charge in [-0.05, 0) is 36.7 Å². The SMILES string of the molecule is CCC(C)C(NC(=O)CC(O)C(CC(C)C)NC(=O)C(Cc1cnc[nH]1)NC(=O)C(Cc1ccccc1)NC(=O)C1CCCN1C(C)=O)C(N)=O. The van der Waals surface area contributed by atoms with Crippen molar-refractivity contribution in [3.05, 3.63) is 54.1 Å². The number of hydrogen-bond donors (Lipinski definition) is 7.